The Morgan fingerprint density at radius 3 is 2.43 bits per heavy atom. The number of piperidine rings is 1. The maximum Gasteiger partial charge on any atom is 0.249 e. The van der Waals surface area contributed by atoms with E-state index in [9.17, 15) is 4.79 Å². The van der Waals surface area contributed by atoms with Gasteiger partial charge in [0.25, 0.3) is 0 Å². The number of amides is 1. The third-order valence-electron chi connectivity index (χ3n) is 5.09. The van der Waals surface area contributed by atoms with Crippen molar-refractivity contribution in [2.75, 3.05) is 46.3 Å². The SMILES string of the molecule is CN1CCC(N2CCN(C(=O)C3=CC=CCC3)CC2)CC1. The largest absolute Gasteiger partial charge is 0.336 e. The Bertz CT molecular complexity index is 427. The van der Waals surface area contributed by atoms with Gasteiger partial charge in [-0.2, -0.15) is 0 Å². The van der Waals surface area contributed by atoms with Crippen LogP contribution in [0.3, 0.4) is 0 Å². The number of piperazine rings is 1. The highest BCUT2D eigenvalue weighted by atomic mass is 16.2. The van der Waals surface area contributed by atoms with Crippen molar-refractivity contribution in [3.63, 3.8) is 0 Å². The molecule has 3 aliphatic rings. The Morgan fingerprint density at radius 1 is 1.10 bits per heavy atom. The Kier molecular flexibility index (Phi) is 4.76. The van der Waals surface area contributed by atoms with Gasteiger partial charge in [0.1, 0.15) is 0 Å². The van der Waals surface area contributed by atoms with Crippen LogP contribution in [0.4, 0.5) is 0 Å². The molecule has 0 atom stereocenters. The maximum absolute atomic E-state index is 12.5. The van der Waals surface area contributed by atoms with E-state index >= 15 is 0 Å². The number of hydrogen-bond donors (Lipinski definition) is 0. The van der Waals surface area contributed by atoms with Gasteiger partial charge in [0.05, 0.1) is 0 Å². The fraction of sp³-hybridized carbons (Fsp3) is 0.706. The summed E-state index contributed by atoms with van der Waals surface area (Å²) in [6.45, 7) is 6.30. The zero-order valence-corrected chi connectivity index (χ0v) is 13.1. The van der Waals surface area contributed by atoms with Gasteiger partial charge >= 0.3 is 0 Å². The lowest BCUT2D eigenvalue weighted by molar-refractivity contribution is -0.129. The Hall–Kier alpha value is -1.13. The predicted molar refractivity (Wildman–Crippen MR) is 85.1 cm³/mol. The zero-order valence-electron chi connectivity index (χ0n) is 13.1. The molecule has 1 aliphatic carbocycles. The monoisotopic (exact) mass is 289 g/mol. The first kappa shape index (κ1) is 14.8. The summed E-state index contributed by atoms with van der Waals surface area (Å²) in [5, 5.41) is 0. The lowest BCUT2D eigenvalue weighted by Crippen LogP contribution is -2.54. The summed E-state index contributed by atoms with van der Waals surface area (Å²) in [5.41, 5.74) is 0.991. The number of allylic oxidation sites excluding steroid dienone is 3. The lowest BCUT2D eigenvalue weighted by atomic mass is 10.0. The molecule has 0 saturated carbocycles. The maximum atomic E-state index is 12.5. The van der Waals surface area contributed by atoms with Gasteiger partial charge in [-0.05, 0) is 45.8 Å². The average Bonchev–Trinajstić information content (AvgIpc) is 2.56. The highest BCUT2D eigenvalue weighted by Crippen LogP contribution is 2.20. The van der Waals surface area contributed by atoms with E-state index in [1.54, 1.807) is 0 Å². The van der Waals surface area contributed by atoms with Gasteiger partial charge in [-0.3, -0.25) is 9.69 Å². The topological polar surface area (TPSA) is 26.8 Å². The zero-order chi connectivity index (χ0) is 14.7. The van der Waals surface area contributed by atoms with Crippen molar-refractivity contribution in [1.29, 1.82) is 0 Å². The minimum Gasteiger partial charge on any atom is -0.336 e. The molecule has 2 fully saturated rings. The number of carbonyl (C=O) groups excluding carboxylic acids is 1. The van der Waals surface area contributed by atoms with Crippen LogP contribution < -0.4 is 0 Å². The molecule has 4 nitrogen and oxygen atoms in total. The smallest absolute Gasteiger partial charge is 0.249 e. The van der Waals surface area contributed by atoms with Crippen molar-refractivity contribution in [2.45, 2.75) is 31.7 Å². The summed E-state index contributed by atoms with van der Waals surface area (Å²) in [4.78, 5) is 19.5. The number of rotatable bonds is 2. The first-order chi connectivity index (χ1) is 10.2. The average molecular weight is 289 g/mol. The van der Waals surface area contributed by atoms with Crippen LogP contribution in [0.2, 0.25) is 0 Å². The molecular formula is C17H27N3O. The van der Waals surface area contributed by atoms with E-state index in [0.29, 0.717) is 0 Å². The molecule has 21 heavy (non-hydrogen) atoms. The molecule has 4 heteroatoms. The number of likely N-dealkylation sites (tertiary alicyclic amines) is 1. The van der Waals surface area contributed by atoms with Crippen LogP contribution in [-0.4, -0.2) is 73.0 Å². The summed E-state index contributed by atoms with van der Waals surface area (Å²) in [6, 6.07) is 0.732. The summed E-state index contributed by atoms with van der Waals surface area (Å²) in [7, 11) is 2.21. The summed E-state index contributed by atoms with van der Waals surface area (Å²) >= 11 is 0. The van der Waals surface area contributed by atoms with E-state index < -0.39 is 0 Å². The Balaban J connectivity index is 1.49. The fourth-order valence-electron chi connectivity index (χ4n) is 3.63. The summed E-state index contributed by atoms with van der Waals surface area (Å²) < 4.78 is 0. The van der Waals surface area contributed by atoms with Gasteiger partial charge in [0.2, 0.25) is 5.91 Å². The van der Waals surface area contributed by atoms with E-state index in [4.69, 9.17) is 0 Å². The van der Waals surface area contributed by atoms with Gasteiger partial charge < -0.3 is 9.80 Å². The molecule has 0 aromatic rings. The molecule has 2 saturated heterocycles. The molecule has 2 heterocycles. The van der Waals surface area contributed by atoms with E-state index in [-0.39, 0.29) is 5.91 Å². The normalized spacial score (nSPS) is 26.0. The van der Waals surface area contributed by atoms with Crippen molar-refractivity contribution in [2.24, 2.45) is 0 Å². The molecule has 0 radical (unpaired) electrons. The second kappa shape index (κ2) is 6.75. The van der Waals surface area contributed by atoms with Gasteiger partial charge in [-0.15, -0.1) is 0 Å². The third-order valence-corrected chi connectivity index (χ3v) is 5.09. The van der Waals surface area contributed by atoms with Crippen LogP contribution in [0.25, 0.3) is 0 Å². The number of carbonyl (C=O) groups is 1. The van der Waals surface area contributed by atoms with E-state index in [1.165, 1.54) is 25.9 Å². The second-order valence-electron chi connectivity index (χ2n) is 6.52. The lowest BCUT2D eigenvalue weighted by Gasteiger charge is -2.42. The highest BCUT2D eigenvalue weighted by Gasteiger charge is 2.28. The van der Waals surface area contributed by atoms with Crippen molar-refractivity contribution >= 4 is 5.91 Å². The van der Waals surface area contributed by atoms with Crippen LogP contribution in [0, 0.1) is 0 Å². The molecule has 3 rings (SSSR count). The standard InChI is InChI=1S/C17H27N3O/c1-18-9-7-16(8-10-18)19-11-13-20(14-12-19)17(21)15-5-3-2-4-6-15/h2-3,5,16H,4,6-14H2,1H3. The quantitative estimate of drug-likeness (QED) is 0.771. The first-order valence-corrected chi connectivity index (χ1v) is 8.31. The minimum absolute atomic E-state index is 0.266. The molecule has 0 aromatic carbocycles. The number of hydrogen-bond acceptors (Lipinski definition) is 3. The molecule has 1 amide bonds. The Labute approximate surface area is 128 Å². The van der Waals surface area contributed by atoms with Crippen LogP contribution >= 0.6 is 0 Å². The molecular weight excluding hydrogens is 262 g/mol. The van der Waals surface area contributed by atoms with Gasteiger partial charge in [0, 0.05) is 37.8 Å². The van der Waals surface area contributed by atoms with E-state index in [0.717, 1.165) is 50.6 Å². The van der Waals surface area contributed by atoms with Crippen LogP contribution in [-0.2, 0) is 4.79 Å². The molecule has 0 unspecified atom stereocenters. The molecule has 2 aliphatic heterocycles. The molecule has 0 N–H and O–H groups in total. The number of nitrogens with zero attached hydrogens (tertiary/aromatic N) is 3. The van der Waals surface area contributed by atoms with Gasteiger partial charge in [-0.25, -0.2) is 0 Å². The van der Waals surface area contributed by atoms with Gasteiger partial charge in [-0.1, -0.05) is 18.2 Å². The molecule has 0 spiro atoms. The molecule has 0 aromatic heterocycles. The van der Waals surface area contributed by atoms with Crippen molar-refractivity contribution < 1.29 is 4.79 Å². The van der Waals surface area contributed by atoms with Gasteiger partial charge in [0.15, 0.2) is 0 Å². The molecule has 0 bridgehead atoms. The van der Waals surface area contributed by atoms with Crippen molar-refractivity contribution in [3.8, 4) is 0 Å². The predicted octanol–water partition coefficient (Wildman–Crippen LogP) is 1.50. The van der Waals surface area contributed by atoms with Crippen LogP contribution in [0.1, 0.15) is 25.7 Å². The highest BCUT2D eigenvalue weighted by molar-refractivity contribution is 5.94. The first-order valence-electron chi connectivity index (χ1n) is 8.31. The van der Waals surface area contributed by atoms with Crippen LogP contribution in [0.15, 0.2) is 23.8 Å². The van der Waals surface area contributed by atoms with Crippen molar-refractivity contribution in [1.82, 2.24) is 14.7 Å². The second-order valence-corrected chi connectivity index (χ2v) is 6.52. The third kappa shape index (κ3) is 3.55. The summed E-state index contributed by atoms with van der Waals surface area (Å²) in [6.07, 6.45) is 10.6. The fourth-order valence-corrected chi connectivity index (χ4v) is 3.63. The van der Waals surface area contributed by atoms with E-state index in [1.807, 2.05) is 12.2 Å². The van der Waals surface area contributed by atoms with Crippen LogP contribution in [0.5, 0.6) is 0 Å². The van der Waals surface area contributed by atoms with Crippen molar-refractivity contribution in [3.05, 3.63) is 23.8 Å². The molecule has 116 valence electrons. The summed E-state index contributed by atoms with van der Waals surface area (Å²) in [5.74, 6) is 0.266. The van der Waals surface area contributed by atoms with E-state index in [2.05, 4.69) is 27.8 Å². The Morgan fingerprint density at radius 2 is 1.81 bits per heavy atom. The minimum atomic E-state index is 0.266.